The molecule has 4 aromatic carbocycles. The maximum Gasteiger partial charge on any atom is 0.367 e. The summed E-state index contributed by atoms with van der Waals surface area (Å²) in [5.74, 6) is -6.14. The first kappa shape index (κ1) is 30.2. The Morgan fingerprint density at radius 1 is 0.383 bits per heavy atom. The number of benzene rings is 4. The van der Waals surface area contributed by atoms with Crippen molar-refractivity contribution in [1.29, 1.82) is 0 Å². The van der Waals surface area contributed by atoms with Crippen molar-refractivity contribution in [3.8, 4) is 45.0 Å². The van der Waals surface area contributed by atoms with Gasteiger partial charge >= 0.3 is 23.9 Å². The Hall–Kier alpha value is -6.88. The lowest BCUT2D eigenvalue weighted by atomic mass is 10.0. The van der Waals surface area contributed by atoms with Gasteiger partial charge in [0, 0.05) is 22.3 Å². The second kappa shape index (κ2) is 13.0. The average molecular weight is 623 g/mol. The monoisotopic (exact) mass is 622 g/mol. The van der Waals surface area contributed by atoms with E-state index in [-0.39, 0.29) is 22.8 Å². The predicted octanol–water partition coefficient (Wildman–Crippen LogP) is 6.33. The number of carboxylic acid groups (broad SMARTS) is 2. The molecule has 47 heavy (non-hydrogen) atoms. The van der Waals surface area contributed by atoms with Crippen LogP contribution in [0.15, 0.2) is 121 Å². The van der Waals surface area contributed by atoms with Gasteiger partial charge in [0.25, 0.3) is 0 Å². The third-order valence-corrected chi connectivity index (χ3v) is 6.96. The molecule has 2 aromatic heterocycles. The zero-order valence-electron chi connectivity index (χ0n) is 24.3. The summed E-state index contributed by atoms with van der Waals surface area (Å²) < 4.78 is 5.07. The molecule has 0 bridgehead atoms. The van der Waals surface area contributed by atoms with Crippen molar-refractivity contribution in [2.75, 3.05) is 0 Å². The van der Waals surface area contributed by atoms with Gasteiger partial charge in [0.2, 0.25) is 0 Å². The smallest absolute Gasteiger partial charge is 0.367 e. The molecular weight excluding hydrogens is 600 g/mol. The van der Waals surface area contributed by atoms with Crippen molar-refractivity contribution in [2.24, 2.45) is 0 Å². The van der Waals surface area contributed by atoms with E-state index in [0.29, 0.717) is 22.3 Å². The Morgan fingerprint density at radius 3 is 0.851 bits per heavy atom. The van der Waals surface area contributed by atoms with Gasteiger partial charge in [0.15, 0.2) is 22.8 Å². The van der Waals surface area contributed by atoms with E-state index >= 15 is 0 Å². The van der Waals surface area contributed by atoms with E-state index in [1.165, 1.54) is 0 Å². The molecule has 2 heterocycles. The number of hydrogen-bond acceptors (Lipinski definition) is 9. The largest absolute Gasteiger partial charge is 0.476 e. The highest BCUT2D eigenvalue weighted by Gasteiger charge is 2.31. The highest BCUT2D eigenvalue weighted by atomic mass is 16.6. The number of carbonyl (C=O) groups excluding carboxylic acids is 2. The van der Waals surface area contributed by atoms with Gasteiger partial charge in [-0.1, -0.05) is 121 Å². The number of esters is 2. The molecule has 0 aliphatic rings. The molecule has 0 aliphatic carbocycles. The summed E-state index contributed by atoms with van der Waals surface area (Å²) in [6.07, 6.45) is 0. The second-order valence-corrected chi connectivity index (χ2v) is 9.99. The third-order valence-electron chi connectivity index (χ3n) is 6.96. The van der Waals surface area contributed by atoms with Gasteiger partial charge in [0.1, 0.15) is 0 Å². The average Bonchev–Trinajstić information content (AvgIpc) is 3.11. The van der Waals surface area contributed by atoms with E-state index in [0.717, 1.165) is 0 Å². The molecule has 228 valence electrons. The van der Waals surface area contributed by atoms with Gasteiger partial charge in [-0.3, -0.25) is 0 Å². The molecule has 0 radical (unpaired) electrons. The maximum atomic E-state index is 13.5. The zero-order chi connectivity index (χ0) is 32.9. The number of aromatic nitrogens is 4. The second-order valence-electron chi connectivity index (χ2n) is 9.99. The molecule has 11 heteroatoms. The SMILES string of the molecule is O=C(O)c1nc(-c2ccccc2)c(-c2ccccc2)nc1C(=O)OC(=O)c1nc(-c2ccccc2)c(-c2ccccc2)nc1C(=O)O. The summed E-state index contributed by atoms with van der Waals surface area (Å²) >= 11 is 0. The summed E-state index contributed by atoms with van der Waals surface area (Å²) in [5.41, 5.74) is -0.297. The van der Waals surface area contributed by atoms with Crippen LogP contribution < -0.4 is 0 Å². The first-order valence-electron chi connectivity index (χ1n) is 14.1. The summed E-state index contributed by atoms with van der Waals surface area (Å²) in [7, 11) is 0. The molecule has 0 saturated carbocycles. The molecule has 0 amide bonds. The number of hydrogen-bond donors (Lipinski definition) is 2. The molecule has 0 unspecified atom stereocenters. The van der Waals surface area contributed by atoms with Crippen LogP contribution in [-0.2, 0) is 4.74 Å². The van der Waals surface area contributed by atoms with E-state index in [4.69, 9.17) is 4.74 Å². The van der Waals surface area contributed by atoms with Gasteiger partial charge in [-0.2, -0.15) is 0 Å². The fraction of sp³-hybridized carbons (Fsp3) is 0. The number of carboxylic acids is 2. The van der Waals surface area contributed by atoms with Crippen molar-refractivity contribution < 1.29 is 34.1 Å². The highest BCUT2D eigenvalue weighted by molar-refractivity contribution is 6.09. The zero-order valence-corrected chi connectivity index (χ0v) is 24.3. The molecular formula is C36H22N4O7. The number of rotatable bonds is 8. The third kappa shape index (κ3) is 6.22. The van der Waals surface area contributed by atoms with Gasteiger partial charge in [-0.15, -0.1) is 0 Å². The molecule has 2 N–H and O–H groups in total. The Labute approximate surface area is 266 Å². The van der Waals surface area contributed by atoms with Crippen LogP contribution in [0.3, 0.4) is 0 Å². The molecule has 6 rings (SSSR count). The van der Waals surface area contributed by atoms with Crippen molar-refractivity contribution >= 4 is 23.9 Å². The van der Waals surface area contributed by atoms with E-state index in [1.54, 1.807) is 121 Å². The normalized spacial score (nSPS) is 10.6. The van der Waals surface area contributed by atoms with Gasteiger partial charge in [0.05, 0.1) is 22.8 Å². The minimum atomic E-state index is -1.60. The van der Waals surface area contributed by atoms with Crippen molar-refractivity contribution in [1.82, 2.24) is 19.9 Å². The van der Waals surface area contributed by atoms with Crippen molar-refractivity contribution in [3.63, 3.8) is 0 Å². The molecule has 6 aromatic rings. The first-order valence-corrected chi connectivity index (χ1v) is 14.1. The number of aromatic carboxylic acids is 2. The molecule has 0 spiro atoms. The summed E-state index contributed by atoms with van der Waals surface area (Å²) in [6.45, 7) is 0. The van der Waals surface area contributed by atoms with Crippen LogP contribution >= 0.6 is 0 Å². The van der Waals surface area contributed by atoms with E-state index in [1.807, 2.05) is 0 Å². The number of nitrogens with zero attached hydrogens (tertiary/aromatic N) is 4. The van der Waals surface area contributed by atoms with E-state index in [2.05, 4.69) is 19.9 Å². The molecule has 0 aliphatic heterocycles. The van der Waals surface area contributed by atoms with Crippen molar-refractivity contribution in [3.05, 3.63) is 144 Å². The van der Waals surface area contributed by atoms with Gasteiger partial charge < -0.3 is 14.9 Å². The lowest BCUT2D eigenvalue weighted by Gasteiger charge is -2.14. The lowest BCUT2D eigenvalue weighted by Crippen LogP contribution is -2.23. The van der Waals surface area contributed by atoms with Crippen LogP contribution in [0, 0.1) is 0 Å². The van der Waals surface area contributed by atoms with Crippen LogP contribution in [0.4, 0.5) is 0 Å². The molecule has 11 nitrogen and oxygen atoms in total. The van der Waals surface area contributed by atoms with Crippen LogP contribution in [0.2, 0.25) is 0 Å². The topological polar surface area (TPSA) is 170 Å². The summed E-state index contributed by atoms with van der Waals surface area (Å²) in [6, 6.07) is 34.6. The maximum absolute atomic E-state index is 13.5. The Kier molecular flexibility index (Phi) is 8.34. The summed E-state index contributed by atoms with van der Waals surface area (Å²) in [5, 5.41) is 20.0. The fourth-order valence-electron chi connectivity index (χ4n) is 4.82. The molecule has 0 fully saturated rings. The van der Waals surface area contributed by atoms with Crippen LogP contribution in [0.5, 0.6) is 0 Å². The fourth-order valence-corrected chi connectivity index (χ4v) is 4.82. The summed E-state index contributed by atoms with van der Waals surface area (Å²) in [4.78, 5) is 68.9. The van der Waals surface area contributed by atoms with Gasteiger partial charge in [-0.05, 0) is 0 Å². The predicted molar refractivity (Wildman–Crippen MR) is 169 cm³/mol. The molecule has 0 atom stereocenters. The Morgan fingerprint density at radius 2 is 0.617 bits per heavy atom. The van der Waals surface area contributed by atoms with Crippen LogP contribution in [-0.4, -0.2) is 54.0 Å². The number of ether oxygens (including phenoxy) is 1. The van der Waals surface area contributed by atoms with Crippen LogP contribution in [0.25, 0.3) is 45.0 Å². The first-order chi connectivity index (χ1) is 22.8. The van der Waals surface area contributed by atoms with E-state index in [9.17, 15) is 29.4 Å². The molecule has 0 saturated heterocycles. The minimum absolute atomic E-state index is 0.158. The van der Waals surface area contributed by atoms with Crippen LogP contribution in [0.1, 0.15) is 42.0 Å². The van der Waals surface area contributed by atoms with E-state index < -0.39 is 46.7 Å². The van der Waals surface area contributed by atoms with Crippen molar-refractivity contribution in [2.45, 2.75) is 0 Å². The standard InChI is InChI=1S/C36H22N4O7/c41-33(42)29-31(39-27(23-17-9-3-10-18-23)25(37-29)21-13-5-1-6-14-21)35(45)47-36(46)32-30(34(43)44)38-26(22-15-7-2-8-16-22)28(40-32)24-19-11-4-12-20-24/h1-20H,(H,41,42)(H,43,44). The Balaban J connectivity index is 1.46. The quantitative estimate of drug-likeness (QED) is 0.144. The minimum Gasteiger partial charge on any atom is -0.476 e. The Bertz CT molecular complexity index is 1990. The lowest BCUT2D eigenvalue weighted by molar-refractivity contribution is 0.0376. The highest BCUT2D eigenvalue weighted by Crippen LogP contribution is 2.32. The number of carbonyl (C=O) groups is 4. The van der Waals surface area contributed by atoms with Gasteiger partial charge in [-0.25, -0.2) is 39.1 Å².